The molecule has 2 N–H and O–H groups in total. The van der Waals surface area contributed by atoms with Crippen molar-refractivity contribution in [3.8, 4) is 0 Å². The molecule has 1 aliphatic rings. The number of amides is 2. The predicted octanol–water partition coefficient (Wildman–Crippen LogP) is 2.49. The lowest BCUT2D eigenvalue weighted by molar-refractivity contribution is 0.184. The first-order valence-corrected chi connectivity index (χ1v) is 6.56. The summed E-state index contributed by atoms with van der Waals surface area (Å²) in [6.45, 7) is 1.44. The summed E-state index contributed by atoms with van der Waals surface area (Å²) in [4.78, 5) is 11.8. The largest absolute Gasteiger partial charge is 0.379 e. The Labute approximate surface area is 116 Å². The molecule has 1 aliphatic heterocycles. The fourth-order valence-electron chi connectivity index (χ4n) is 2.15. The average molecular weight is 272 g/mol. The first-order valence-electron chi connectivity index (χ1n) is 6.56. The number of carbonyl (C=O) groups is 1. The summed E-state index contributed by atoms with van der Waals surface area (Å²) < 4.78 is 7.16. The highest BCUT2D eigenvalue weighted by Gasteiger charge is 2.18. The topological polar surface area (TPSA) is 68.2 Å². The number of hydrogen-bond donors (Lipinski definition) is 2. The number of urea groups is 1. The van der Waals surface area contributed by atoms with E-state index >= 15 is 0 Å². The predicted molar refractivity (Wildman–Crippen MR) is 75.8 cm³/mol. The van der Waals surface area contributed by atoms with E-state index in [2.05, 4.69) is 15.7 Å². The molecule has 0 bridgehead atoms. The Morgan fingerprint density at radius 1 is 1.25 bits per heavy atom. The van der Waals surface area contributed by atoms with Crippen molar-refractivity contribution in [2.45, 2.75) is 12.5 Å². The van der Waals surface area contributed by atoms with E-state index in [0.717, 1.165) is 18.7 Å². The van der Waals surface area contributed by atoms with Crippen LogP contribution in [-0.4, -0.2) is 29.0 Å². The van der Waals surface area contributed by atoms with E-state index in [9.17, 15) is 4.79 Å². The van der Waals surface area contributed by atoms with Gasteiger partial charge in [0.15, 0.2) is 0 Å². The van der Waals surface area contributed by atoms with Crippen LogP contribution in [0.25, 0.3) is 0 Å². The molecule has 1 aromatic heterocycles. The number of hydrogen-bond acceptors (Lipinski definition) is 3. The molecule has 6 nitrogen and oxygen atoms in total. The van der Waals surface area contributed by atoms with Gasteiger partial charge in [0.1, 0.15) is 0 Å². The van der Waals surface area contributed by atoms with E-state index in [4.69, 9.17) is 4.74 Å². The molecule has 0 saturated carbocycles. The molecule has 1 fully saturated rings. The lowest BCUT2D eigenvalue weighted by Gasteiger charge is -2.07. The Balaban J connectivity index is 1.59. The molecular weight excluding hydrogens is 256 g/mol. The van der Waals surface area contributed by atoms with Crippen molar-refractivity contribution < 1.29 is 9.53 Å². The zero-order chi connectivity index (χ0) is 13.8. The van der Waals surface area contributed by atoms with Crippen LogP contribution in [0.15, 0.2) is 42.7 Å². The summed E-state index contributed by atoms with van der Waals surface area (Å²) in [5.74, 6) is 0. The third-order valence-electron chi connectivity index (χ3n) is 3.17. The lowest BCUT2D eigenvalue weighted by atomic mass is 10.3. The first kappa shape index (κ1) is 12.7. The summed E-state index contributed by atoms with van der Waals surface area (Å²) in [6, 6.07) is 9.29. The second kappa shape index (κ2) is 5.75. The normalized spacial score (nSPS) is 17.9. The molecular formula is C14H16N4O2. The van der Waals surface area contributed by atoms with Crippen LogP contribution in [0.3, 0.4) is 0 Å². The van der Waals surface area contributed by atoms with Crippen LogP contribution in [-0.2, 0) is 4.74 Å². The quantitative estimate of drug-likeness (QED) is 0.902. The van der Waals surface area contributed by atoms with Crippen LogP contribution in [0.2, 0.25) is 0 Å². The molecule has 1 saturated heterocycles. The zero-order valence-corrected chi connectivity index (χ0v) is 11.0. The zero-order valence-electron chi connectivity index (χ0n) is 11.0. The van der Waals surface area contributed by atoms with Crippen LogP contribution < -0.4 is 10.6 Å². The smallest absolute Gasteiger partial charge is 0.323 e. The molecule has 104 valence electrons. The maximum atomic E-state index is 11.8. The number of carbonyl (C=O) groups excluding carboxylic acids is 1. The second-order valence-corrected chi connectivity index (χ2v) is 4.67. The monoisotopic (exact) mass is 272 g/mol. The van der Waals surface area contributed by atoms with Crippen molar-refractivity contribution in [3.05, 3.63) is 42.7 Å². The standard InChI is InChI=1S/C14H16N4O2/c19-14(16-11-4-2-1-3-5-11)17-12-8-15-18(9-12)13-6-7-20-10-13/h1-5,8-9,13H,6-7,10H2,(H2,16,17,19)/t13-/m0/s1. The van der Waals surface area contributed by atoms with Gasteiger partial charge in [0.05, 0.1) is 24.5 Å². The fraction of sp³-hybridized carbons (Fsp3) is 0.286. The lowest BCUT2D eigenvalue weighted by Crippen LogP contribution is -2.19. The van der Waals surface area contributed by atoms with E-state index in [0.29, 0.717) is 12.3 Å². The number of ether oxygens (including phenoxy) is 1. The maximum absolute atomic E-state index is 11.8. The second-order valence-electron chi connectivity index (χ2n) is 4.67. The molecule has 0 unspecified atom stereocenters. The fourth-order valence-corrected chi connectivity index (χ4v) is 2.15. The Hall–Kier alpha value is -2.34. The van der Waals surface area contributed by atoms with Crippen molar-refractivity contribution in [3.63, 3.8) is 0 Å². The molecule has 2 amide bonds. The van der Waals surface area contributed by atoms with Gasteiger partial charge in [0.2, 0.25) is 0 Å². The minimum absolute atomic E-state index is 0.266. The van der Waals surface area contributed by atoms with Gasteiger partial charge in [0, 0.05) is 18.5 Å². The van der Waals surface area contributed by atoms with Crippen molar-refractivity contribution >= 4 is 17.4 Å². The molecule has 2 aromatic rings. The molecule has 1 aromatic carbocycles. The number of nitrogens with one attached hydrogen (secondary N) is 2. The summed E-state index contributed by atoms with van der Waals surface area (Å²) >= 11 is 0. The highest BCUT2D eigenvalue weighted by atomic mass is 16.5. The highest BCUT2D eigenvalue weighted by molar-refractivity contribution is 5.99. The third kappa shape index (κ3) is 2.97. The van der Waals surface area contributed by atoms with Gasteiger partial charge in [-0.15, -0.1) is 0 Å². The number of anilines is 2. The molecule has 20 heavy (non-hydrogen) atoms. The minimum Gasteiger partial charge on any atom is -0.379 e. The molecule has 0 aliphatic carbocycles. The van der Waals surface area contributed by atoms with Crippen LogP contribution in [0, 0.1) is 0 Å². The number of aromatic nitrogens is 2. The van der Waals surface area contributed by atoms with Gasteiger partial charge >= 0.3 is 6.03 Å². The molecule has 2 heterocycles. The van der Waals surface area contributed by atoms with Crippen LogP contribution in [0.1, 0.15) is 12.5 Å². The number of rotatable bonds is 3. The van der Waals surface area contributed by atoms with Gasteiger partial charge in [-0.1, -0.05) is 18.2 Å². The van der Waals surface area contributed by atoms with Crippen molar-refractivity contribution in [1.82, 2.24) is 9.78 Å². The van der Waals surface area contributed by atoms with Gasteiger partial charge in [-0.2, -0.15) is 5.10 Å². The Morgan fingerprint density at radius 2 is 2.05 bits per heavy atom. The summed E-state index contributed by atoms with van der Waals surface area (Å²) in [5.41, 5.74) is 1.42. The molecule has 0 radical (unpaired) electrons. The average Bonchev–Trinajstić information content (AvgIpc) is 3.10. The number of benzene rings is 1. The van der Waals surface area contributed by atoms with Crippen molar-refractivity contribution in [1.29, 1.82) is 0 Å². The Kier molecular flexibility index (Phi) is 3.64. The van der Waals surface area contributed by atoms with E-state index in [-0.39, 0.29) is 12.1 Å². The van der Waals surface area contributed by atoms with Crippen LogP contribution in [0.5, 0.6) is 0 Å². The summed E-state index contributed by atoms with van der Waals surface area (Å²) in [7, 11) is 0. The highest BCUT2D eigenvalue weighted by Crippen LogP contribution is 2.19. The SMILES string of the molecule is O=C(Nc1ccccc1)Nc1cnn([C@H]2CCOC2)c1. The summed E-state index contributed by atoms with van der Waals surface area (Å²) in [6.07, 6.45) is 4.42. The van der Waals surface area contributed by atoms with Crippen LogP contribution in [0.4, 0.5) is 16.2 Å². The van der Waals surface area contributed by atoms with Gasteiger partial charge in [-0.3, -0.25) is 4.68 Å². The van der Waals surface area contributed by atoms with E-state index < -0.39 is 0 Å². The molecule has 6 heteroatoms. The van der Waals surface area contributed by atoms with Crippen molar-refractivity contribution in [2.75, 3.05) is 23.8 Å². The van der Waals surface area contributed by atoms with E-state index in [1.54, 1.807) is 6.20 Å². The van der Waals surface area contributed by atoms with Gasteiger partial charge in [0.25, 0.3) is 0 Å². The Morgan fingerprint density at radius 3 is 2.80 bits per heavy atom. The maximum Gasteiger partial charge on any atom is 0.323 e. The van der Waals surface area contributed by atoms with Gasteiger partial charge in [-0.25, -0.2) is 4.79 Å². The third-order valence-corrected chi connectivity index (χ3v) is 3.17. The minimum atomic E-state index is -0.279. The number of nitrogens with zero attached hydrogens (tertiary/aromatic N) is 2. The Bertz CT molecular complexity index is 576. The first-order chi connectivity index (χ1) is 9.81. The van der Waals surface area contributed by atoms with E-state index in [1.165, 1.54) is 0 Å². The van der Waals surface area contributed by atoms with Crippen LogP contribution >= 0.6 is 0 Å². The molecule has 3 rings (SSSR count). The molecule has 0 spiro atoms. The summed E-state index contributed by atoms with van der Waals surface area (Å²) in [5, 5.41) is 9.77. The van der Waals surface area contributed by atoms with Gasteiger partial charge in [-0.05, 0) is 18.6 Å². The number of para-hydroxylation sites is 1. The molecule has 1 atom stereocenters. The van der Waals surface area contributed by atoms with Gasteiger partial charge < -0.3 is 15.4 Å². The van der Waals surface area contributed by atoms with E-state index in [1.807, 2.05) is 41.2 Å². The van der Waals surface area contributed by atoms with Crippen molar-refractivity contribution in [2.24, 2.45) is 0 Å².